The summed E-state index contributed by atoms with van der Waals surface area (Å²) in [4.78, 5) is 37.7. The van der Waals surface area contributed by atoms with Crippen molar-refractivity contribution in [1.29, 1.82) is 0 Å². The lowest BCUT2D eigenvalue weighted by Crippen LogP contribution is -2.31. The minimum Gasteiger partial charge on any atom is -0.338 e. The first-order valence-corrected chi connectivity index (χ1v) is 8.84. The molecule has 1 heterocycles. The number of ketones is 1. The van der Waals surface area contributed by atoms with Crippen LogP contribution in [0.5, 0.6) is 0 Å². The van der Waals surface area contributed by atoms with Crippen molar-refractivity contribution in [3.63, 3.8) is 0 Å². The molecule has 0 bridgehead atoms. The van der Waals surface area contributed by atoms with Gasteiger partial charge in [0.25, 0.3) is 17.6 Å². The van der Waals surface area contributed by atoms with Gasteiger partial charge < -0.3 is 15.2 Å². The lowest BCUT2D eigenvalue weighted by Gasteiger charge is -2.10. The highest BCUT2D eigenvalue weighted by Gasteiger charge is 2.29. The Morgan fingerprint density at radius 2 is 1.87 bits per heavy atom. The van der Waals surface area contributed by atoms with E-state index in [-0.39, 0.29) is 35.6 Å². The molecule has 0 saturated carbocycles. The fraction of sp³-hybridized carbons (Fsp3) is 0.227. The summed E-state index contributed by atoms with van der Waals surface area (Å²) in [6.07, 6.45) is 5.09. The lowest BCUT2D eigenvalue weighted by molar-refractivity contribution is -0.116. The first-order chi connectivity index (χ1) is 14.2. The van der Waals surface area contributed by atoms with Crippen LogP contribution in [0.25, 0.3) is 0 Å². The molecule has 0 radical (unpaired) electrons. The van der Waals surface area contributed by atoms with Gasteiger partial charge in [0.05, 0.1) is 18.7 Å². The van der Waals surface area contributed by atoms with Crippen LogP contribution >= 0.6 is 0 Å². The molecular formula is C22H19F2N3O3. The van der Waals surface area contributed by atoms with E-state index in [1.807, 2.05) is 0 Å². The van der Waals surface area contributed by atoms with Gasteiger partial charge in [-0.2, -0.15) is 0 Å². The quantitative estimate of drug-likeness (QED) is 0.436. The first kappa shape index (κ1) is 22.4. The van der Waals surface area contributed by atoms with Crippen molar-refractivity contribution in [1.82, 2.24) is 9.88 Å². The van der Waals surface area contributed by atoms with Gasteiger partial charge >= 0.3 is 0 Å². The monoisotopic (exact) mass is 411 g/mol. The number of hydrogen-bond acceptors (Lipinski definition) is 3. The van der Waals surface area contributed by atoms with Crippen molar-refractivity contribution < 1.29 is 23.2 Å². The average Bonchev–Trinajstić information content (AvgIpc) is 2.96. The van der Waals surface area contributed by atoms with E-state index in [1.165, 1.54) is 17.6 Å². The van der Waals surface area contributed by atoms with E-state index >= 15 is 0 Å². The highest BCUT2D eigenvalue weighted by Crippen LogP contribution is 2.24. The number of terminal acetylenes is 1. The highest BCUT2D eigenvalue weighted by molar-refractivity contribution is 6.43. The van der Waals surface area contributed by atoms with E-state index in [2.05, 4.69) is 28.4 Å². The Bertz CT molecular complexity index is 1130. The Balaban J connectivity index is 2.51. The Morgan fingerprint density at radius 3 is 2.47 bits per heavy atom. The third-order valence-corrected chi connectivity index (χ3v) is 4.36. The van der Waals surface area contributed by atoms with Crippen molar-refractivity contribution >= 4 is 23.3 Å². The van der Waals surface area contributed by atoms with Gasteiger partial charge in [-0.15, -0.1) is 12.3 Å². The van der Waals surface area contributed by atoms with Gasteiger partial charge in [-0.05, 0) is 38.5 Å². The van der Waals surface area contributed by atoms with E-state index in [0.717, 1.165) is 12.1 Å². The minimum atomic E-state index is -1.12. The van der Waals surface area contributed by atoms with E-state index in [0.29, 0.717) is 5.69 Å². The summed E-state index contributed by atoms with van der Waals surface area (Å²) in [6.45, 7) is 4.69. The summed E-state index contributed by atoms with van der Waals surface area (Å²) >= 11 is 0. The van der Waals surface area contributed by atoms with Crippen LogP contribution in [0.3, 0.4) is 0 Å². The van der Waals surface area contributed by atoms with Gasteiger partial charge in [0.1, 0.15) is 5.69 Å². The molecule has 2 rings (SSSR count). The molecule has 1 aromatic heterocycles. The summed E-state index contributed by atoms with van der Waals surface area (Å²) < 4.78 is 28.1. The molecule has 0 aliphatic carbocycles. The minimum absolute atomic E-state index is 0.0323. The number of anilines is 1. The SMILES string of the molecule is C#CCNC(=O)C(=O)c1c(C)c(C(=O)Nc2ccc(F)c(F)c2)n(CC#CC)c1C. The van der Waals surface area contributed by atoms with Gasteiger partial charge in [0.2, 0.25) is 0 Å². The molecule has 154 valence electrons. The van der Waals surface area contributed by atoms with Crippen LogP contribution in [0.15, 0.2) is 18.2 Å². The predicted octanol–water partition coefficient (Wildman–Crippen LogP) is 2.59. The Labute approximate surface area is 172 Å². The zero-order valence-corrected chi connectivity index (χ0v) is 16.7. The van der Waals surface area contributed by atoms with Gasteiger partial charge in [-0.1, -0.05) is 11.8 Å². The Morgan fingerprint density at radius 1 is 1.17 bits per heavy atom. The number of nitrogens with zero attached hydrogens (tertiary/aromatic N) is 1. The van der Waals surface area contributed by atoms with Crippen molar-refractivity contribution in [3.05, 3.63) is 52.3 Å². The second-order valence-electron chi connectivity index (χ2n) is 6.25. The van der Waals surface area contributed by atoms with Crippen molar-refractivity contribution in [2.75, 3.05) is 11.9 Å². The Hall–Kier alpha value is -3.91. The van der Waals surface area contributed by atoms with Crippen molar-refractivity contribution in [2.24, 2.45) is 0 Å². The van der Waals surface area contributed by atoms with E-state index in [4.69, 9.17) is 6.42 Å². The molecule has 6 nitrogen and oxygen atoms in total. The number of benzene rings is 1. The lowest BCUT2D eigenvalue weighted by atomic mass is 10.0. The van der Waals surface area contributed by atoms with Gasteiger partial charge in [-0.25, -0.2) is 8.78 Å². The topological polar surface area (TPSA) is 80.2 Å². The van der Waals surface area contributed by atoms with E-state index in [1.54, 1.807) is 13.8 Å². The standard InChI is InChI=1S/C22H19F2N3O3/c1-5-7-11-27-14(4)18(20(28)22(30)25-10-6-2)13(3)19(27)21(29)26-15-8-9-16(23)17(24)12-15/h2,8-9,12H,10-11H2,1,3-4H3,(H,25,30)(H,26,29). The maximum Gasteiger partial charge on any atom is 0.293 e. The third-order valence-electron chi connectivity index (χ3n) is 4.36. The summed E-state index contributed by atoms with van der Waals surface area (Å²) in [5, 5.41) is 4.77. The second-order valence-corrected chi connectivity index (χ2v) is 6.25. The summed E-state index contributed by atoms with van der Waals surface area (Å²) in [5.41, 5.74) is 0.786. The maximum absolute atomic E-state index is 13.5. The van der Waals surface area contributed by atoms with Crippen LogP contribution < -0.4 is 10.6 Å². The second kappa shape index (κ2) is 9.53. The number of amides is 2. The number of nitrogens with one attached hydrogen (secondary N) is 2. The summed E-state index contributed by atoms with van der Waals surface area (Å²) in [7, 11) is 0. The number of Topliss-reactive ketones (excluding diaryl/α,β-unsaturated/α-hetero) is 1. The smallest absolute Gasteiger partial charge is 0.293 e. The number of hydrogen-bond donors (Lipinski definition) is 2. The van der Waals surface area contributed by atoms with E-state index in [9.17, 15) is 23.2 Å². The normalized spacial score (nSPS) is 9.87. The molecule has 0 aliphatic rings. The van der Waals surface area contributed by atoms with Gasteiger partial charge in [-0.3, -0.25) is 14.4 Å². The number of halogens is 2. The zero-order chi connectivity index (χ0) is 22.4. The number of aromatic nitrogens is 1. The number of carbonyl (C=O) groups excluding carboxylic acids is 3. The van der Waals surface area contributed by atoms with Gasteiger partial charge in [0.15, 0.2) is 11.6 Å². The molecule has 0 spiro atoms. The fourth-order valence-electron chi connectivity index (χ4n) is 2.97. The zero-order valence-electron chi connectivity index (χ0n) is 16.7. The molecule has 8 heteroatoms. The largest absolute Gasteiger partial charge is 0.338 e. The average molecular weight is 411 g/mol. The number of rotatable bonds is 6. The van der Waals surface area contributed by atoms with Crippen molar-refractivity contribution in [3.8, 4) is 24.2 Å². The summed E-state index contributed by atoms with van der Waals surface area (Å²) in [6, 6.07) is 2.93. The van der Waals surface area contributed by atoms with Crippen LogP contribution in [-0.2, 0) is 11.3 Å². The molecule has 2 amide bonds. The number of carbonyl (C=O) groups is 3. The molecule has 0 atom stereocenters. The molecule has 0 saturated heterocycles. The van der Waals surface area contributed by atoms with Crippen molar-refractivity contribution in [2.45, 2.75) is 27.3 Å². The third kappa shape index (κ3) is 4.56. The summed E-state index contributed by atoms with van der Waals surface area (Å²) in [5.74, 6) is 3.14. The molecule has 0 unspecified atom stereocenters. The first-order valence-electron chi connectivity index (χ1n) is 8.84. The van der Waals surface area contributed by atoms with Crippen LogP contribution in [0.1, 0.15) is 39.0 Å². The fourth-order valence-corrected chi connectivity index (χ4v) is 2.97. The maximum atomic E-state index is 13.5. The highest BCUT2D eigenvalue weighted by atomic mass is 19.2. The molecule has 2 aromatic rings. The molecule has 0 fully saturated rings. The molecule has 0 aliphatic heterocycles. The van der Waals surface area contributed by atoms with Crippen LogP contribution in [0.4, 0.5) is 14.5 Å². The van der Waals surface area contributed by atoms with Crippen LogP contribution in [0.2, 0.25) is 0 Å². The molecule has 1 aromatic carbocycles. The van der Waals surface area contributed by atoms with Crippen LogP contribution in [-0.4, -0.2) is 28.7 Å². The van der Waals surface area contributed by atoms with Gasteiger partial charge in [0, 0.05) is 17.4 Å². The molecule has 30 heavy (non-hydrogen) atoms. The predicted molar refractivity (Wildman–Crippen MR) is 108 cm³/mol. The molecular weight excluding hydrogens is 392 g/mol. The molecule has 2 N–H and O–H groups in total. The van der Waals surface area contributed by atoms with E-state index < -0.39 is 29.2 Å². The Kier molecular flexibility index (Phi) is 7.11. The van der Waals surface area contributed by atoms with Crippen LogP contribution in [0, 0.1) is 49.7 Å².